The molecule has 5 heteroatoms. The van der Waals surface area contributed by atoms with Crippen LogP contribution in [0.5, 0.6) is 5.75 Å². The Kier molecular flexibility index (Phi) is 4.47. The second-order valence-electron chi connectivity index (χ2n) is 2.89. The van der Waals surface area contributed by atoms with Gasteiger partial charge in [0, 0.05) is 5.56 Å². The fourth-order valence-corrected chi connectivity index (χ4v) is 1.25. The minimum absolute atomic E-state index is 0.333. The molecule has 5 nitrogen and oxygen atoms in total. The largest absolute Gasteiger partial charge is 0.497 e. The predicted molar refractivity (Wildman–Crippen MR) is 58.6 cm³/mol. The van der Waals surface area contributed by atoms with Crippen LogP contribution in [0, 0.1) is 0 Å². The maximum absolute atomic E-state index is 10.9. The Morgan fingerprint density at radius 1 is 1.38 bits per heavy atom. The van der Waals surface area contributed by atoms with Gasteiger partial charge in [0.05, 0.1) is 19.4 Å². The summed E-state index contributed by atoms with van der Waals surface area (Å²) in [5.41, 5.74) is 0.729. The van der Waals surface area contributed by atoms with Crippen LogP contribution >= 0.6 is 0 Å². The van der Waals surface area contributed by atoms with Crippen molar-refractivity contribution in [1.82, 2.24) is 0 Å². The van der Waals surface area contributed by atoms with Crippen molar-refractivity contribution in [1.29, 1.82) is 0 Å². The van der Waals surface area contributed by atoms with E-state index < -0.39 is 0 Å². The van der Waals surface area contributed by atoms with Gasteiger partial charge in [0.1, 0.15) is 5.75 Å². The van der Waals surface area contributed by atoms with E-state index in [4.69, 9.17) is 9.57 Å². The highest BCUT2D eigenvalue weighted by atomic mass is 16.7. The van der Waals surface area contributed by atoms with Crippen molar-refractivity contribution >= 4 is 18.4 Å². The number of carbonyl (C=O) groups excluding carboxylic acids is 2. The molecule has 0 aliphatic heterocycles. The quantitative estimate of drug-likeness (QED) is 0.540. The fourth-order valence-electron chi connectivity index (χ4n) is 1.25. The smallest absolute Gasteiger partial charge is 0.238 e. The lowest BCUT2D eigenvalue weighted by Crippen LogP contribution is -2.22. The van der Waals surface area contributed by atoms with Gasteiger partial charge in [-0.2, -0.15) is 5.06 Å². The Hall–Kier alpha value is -1.88. The Morgan fingerprint density at radius 3 is 2.62 bits per heavy atom. The molecular weight excluding hydrogens is 210 g/mol. The maximum Gasteiger partial charge on any atom is 0.238 e. The number of amides is 1. The summed E-state index contributed by atoms with van der Waals surface area (Å²) in [7, 11) is 1.50. The van der Waals surface area contributed by atoms with E-state index in [2.05, 4.69) is 0 Å². The number of hydrogen-bond donors (Lipinski definition) is 0. The Bertz CT molecular complexity index is 378. The molecule has 86 valence electrons. The lowest BCUT2D eigenvalue weighted by Gasteiger charge is -2.17. The van der Waals surface area contributed by atoms with Gasteiger partial charge in [-0.15, -0.1) is 0 Å². The molecule has 1 aromatic rings. The molecule has 1 rings (SSSR count). The average Bonchev–Trinajstić information content (AvgIpc) is 2.35. The van der Waals surface area contributed by atoms with Crippen LogP contribution in [0.3, 0.4) is 0 Å². The molecule has 0 fully saturated rings. The summed E-state index contributed by atoms with van der Waals surface area (Å²) >= 11 is 0. The van der Waals surface area contributed by atoms with Gasteiger partial charge in [0.15, 0.2) is 6.29 Å². The van der Waals surface area contributed by atoms with Gasteiger partial charge in [0.25, 0.3) is 0 Å². The normalized spacial score (nSPS) is 9.62. The first-order chi connectivity index (χ1) is 7.76. The van der Waals surface area contributed by atoms with Gasteiger partial charge in [0.2, 0.25) is 6.41 Å². The third-order valence-corrected chi connectivity index (χ3v) is 1.96. The number of ether oxygens (including phenoxy) is 1. The van der Waals surface area contributed by atoms with Crippen LogP contribution in [-0.2, 0) is 9.63 Å². The zero-order valence-corrected chi connectivity index (χ0v) is 9.17. The van der Waals surface area contributed by atoms with Crippen molar-refractivity contribution in [2.45, 2.75) is 6.92 Å². The molecule has 0 N–H and O–H groups in total. The van der Waals surface area contributed by atoms with Gasteiger partial charge in [-0.1, -0.05) is 0 Å². The molecule has 0 unspecified atom stereocenters. The molecular formula is C11H13NO4. The summed E-state index contributed by atoms with van der Waals surface area (Å²) < 4.78 is 4.98. The highest BCUT2D eigenvalue weighted by Crippen LogP contribution is 2.23. The molecule has 1 amide bonds. The molecule has 1 aromatic carbocycles. The van der Waals surface area contributed by atoms with E-state index in [9.17, 15) is 9.59 Å². The summed E-state index contributed by atoms with van der Waals surface area (Å²) in [5.74, 6) is 0.549. The number of hydroxylamine groups is 1. The molecule has 0 aromatic heterocycles. The number of benzene rings is 1. The summed E-state index contributed by atoms with van der Waals surface area (Å²) in [6.07, 6.45) is 1.16. The highest BCUT2D eigenvalue weighted by Gasteiger charge is 2.11. The van der Waals surface area contributed by atoms with E-state index in [1.165, 1.54) is 13.2 Å². The first-order valence-corrected chi connectivity index (χ1v) is 4.77. The Morgan fingerprint density at radius 2 is 2.12 bits per heavy atom. The number of carbonyl (C=O) groups is 2. The molecule has 0 atom stereocenters. The third kappa shape index (κ3) is 2.58. The van der Waals surface area contributed by atoms with Crippen LogP contribution in [0.4, 0.5) is 5.69 Å². The average molecular weight is 223 g/mol. The molecule has 0 radical (unpaired) electrons. The topological polar surface area (TPSA) is 55.8 Å². The van der Waals surface area contributed by atoms with E-state index in [0.29, 0.717) is 36.3 Å². The molecule has 0 spiro atoms. The SMILES string of the molecule is CCON(C=O)c1ccc(OC)cc1C=O. The van der Waals surface area contributed by atoms with Crippen LogP contribution in [0.2, 0.25) is 0 Å². The van der Waals surface area contributed by atoms with E-state index >= 15 is 0 Å². The first kappa shape index (κ1) is 12.2. The number of hydrogen-bond acceptors (Lipinski definition) is 4. The molecule has 0 heterocycles. The summed E-state index contributed by atoms with van der Waals surface area (Å²) in [4.78, 5) is 26.7. The van der Waals surface area contributed by atoms with Crippen LogP contribution < -0.4 is 9.80 Å². The molecule has 0 bridgehead atoms. The second-order valence-corrected chi connectivity index (χ2v) is 2.89. The fraction of sp³-hybridized carbons (Fsp3) is 0.273. The summed E-state index contributed by atoms with van der Waals surface area (Å²) in [6, 6.07) is 4.78. The Labute approximate surface area is 93.5 Å². The van der Waals surface area contributed by atoms with E-state index in [1.807, 2.05) is 0 Å². The van der Waals surface area contributed by atoms with E-state index in [-0.39, 0.29) is 0 Å². The number of aldehydes is 1. The van der Waals surface area contributed by atoms with E-state index in [0.717, 1.165) is 5.06 Å². The molecule has 16 heavy (non-hydrogen) atoms. The number of methoxy groups -OCH3 is 1. The van der Waals surface area contributed by atoms with Crippen LogP contribution in [0.15, 0.2) is 18.2 Å². The Balaban J connectivity index is 3.10. The summed E-state index contributed by atoms with van der Waals surface area (Å²) in [5, 5.41) is 1.02. The van der Waals surface area contributed by atoms with Gasteiger partial charge in [-0.3, -0.25) is 14.4 Å². The first-order valence-electron chi connectivity index (χ1n) is 4.77. The van der Waals surface area contributed by atoms with Gasteiger partial charge in [-0.05, 0) is 25.1 Å². The van der Waals surface area contributed by atoms with Gasteiger partial charge < -0.3 is 4.74 Å². The van der Waals surface area contributed by atoms with Crippen molar-refractivity contribution in [2.75, 3.05) is 18.8 Å². The standard InChI is InChI=1S/C11H13NO4/c1-3-16-12(8-14)11-5-4-10(15-2)6-9(11)7-13/h4-8H,3H2,1-2H3. The number of nitrogens with zero attached hydrogens (tertiary/aromatic N) is 1. The lowest BCUT2D eigenvalue weighted by atomic mass is 10.2. The van der Waals surface area contributed by atoms with Gasteiger partial charge in [-0.25, -0.2) is 0 Å². The van der Waals surface area contributed by atoms with Crippen molar-refractivity contribution in [3.63, 3.8) is 0 Å². The number of anilines is 1. The van der Waals surface area contributed by atoms with Crippen LogP contribution in [0.1, 0.15) is 17.3 Å². The van der Waals surface area contributed by atoms with Crippen molar-refractivity contribution in [3.8, 4) is 5.75 Å². The van der Waals surface area contributed by atoms with Gasteiger partial charge >= 0.3 is 0 Å². The summed E-state index contributed by atoms with van der Waals surface area (Å²) in [6.45, 7) is 2.09. The molecule has 0 saturated carbocycles. The van der Waals surface area contributed by atoms with Crippen molar-refractivity contribution in [2.24, 2.45) is 0 Å². The predicted octanol–water partition coefficient (Wildman–Crippen LogP) is 1.42. The zero-order valence-electron chi connectivity index (χ0n) is 9.17. The third-order valence-electron chi connectivity index (χ3n) is 1.96. The second kappa shape index (κ2) is 5.87. The molecule has 0 aliphatic rings. The molecule has 0 saturated heterocycles. The van der Waals surface area contributed by atoms with E-state index in [1.54, 1.807) is 19.1 Å². The van der Waals surface area contributed by atoms with Crippen LogP contribution in [-0.4, -0.2) is 26.4 Å². The lowest BCUT2D eigenvalue weighted by molar-refractivity contribution is -0.113. The van der Waals surface area contributed by atoms with Crippen molar-refractivity contribution < 1.29 is 19.2 Å². The zero-order chi connectivity index (χ0) is 12.0. The monoisotopic (exact) mass is 223 g/mol. The van der Waals surface area contributed by atoms with Crippen LogP contribution in [0.25, 0.3) is 0 Å². The minimum atomic E-state index is 0.333. The minimum Gasteiger partial charge on any atom is -0.497 e. The number of rotatable bonds is 6. The highest BCUT2D eigenvalue weighted by molar-refractivity contribution is 5.89. The maximum atomic E-state index is 10.9. The molecule has 0 aliphatic carbocycles. The van der Waals surface area contributed by atoms with Crippen molar-refractivity contribution in [3.05, 3.63) is 23.8 Å².